The number of nitrogens with one attached hydrogen (secondary N) is 2. The Hall–Kier alpha value is -0.220. The fourth-order valence-corrected chi connectivity index (χ4v) is 3.37. The molecule has 0 radical (unpaired) electrons. The van der Waals surface area contributed by atoms with Gasteiger partial charge in [-0.15, -0.1) is 11.8 Å². The van der Waals surface area contributed by atoms with Crippen LogP contribution in [0.25, 0.3) is 0 Å². The summed E-state index contributed by atoms with van der Waals surface area (Å²) in [6.07, 6.45) is 3.61. The van der Waals surface area contributed by atoms with Crippen molar-refractivity contribution in [3.63, 3.8) is 0 Å². The van der Waals surface area contributed by atoms with Crippen molar-refractivity contribution in [2.24, 2.45) is 5.41 Å². The molecule has 2 atom stereocenters. The van der Waals surface area contributed by atoms with Crippen molar-refractivity contribution in [3.05, 3.63) is 0 Å². The van der Waals surface area contributed by atoms with Crippen molar-refractivity contribution in [3.8, 4) is 0 Å². The smallest absolute Gasteiger partial charge is 0.238 e. The minimum atomic E-state index is 0.0337. The second-order valence-corrected chi connectivity index (χ2v) is 6.24. The molecule has 1 aliphatic carbocycles. The van der Waals surface area contributed by atoms with Gasteiger partial charge in [-0.25, -0.2) is 0 Å². The number of carbonyl (C=O) groups excluding carboxylic acids is 1. The maximum atomic E-state index is 11.9. The van der Waals surface area contributed by atoms with E-state index in [0.717, 1.165) is 18.1 Å². The van der Waals surface area contributed by atoms with Crippen LogP contribution in [-0.4, -0.2) is 29.6 Å². The van der Waals surface area contributed by atoms with Crippen LogP contribution >= 0.6 is 11.8 Å². The molecular weight excluding hydrogens is 208 g/mol. The van der Waals surface area contributed by atoms with Gasteiger partial charge >= 0.3 is 0 Å². The highest BCUT2D eigenvalue weighted by Crippen LogP contribution is 2.37. The highest BCUT2D eigenvalue weighted by Gasteiger charge is 2.36. The van der Waals surface area contributed by atoms with E-state index in [1.807, 2.05) is 0 Å². The number of carbonyl (C=O) groups is 1. The van der Waals surface area contributed by atoms with Crippen molar-refractivity contribution in [1.29, 1.82) is 0 Å². The molecule has 1 heterocycles. The lowest BCUT2D eigenvalue weighted by molar-refractivity contribution is -0.123. The Balaban J connectivity index is 1.88. The molecule has 3 nitrogen and oxygen atoms in total. The molecule has 2 fully saturated rings. The lowest BCUT2D eigenvalue weighted by Gasteiger charge is -2.28. The molecule has 1 aliphatic heterocycles. The highest BCUT2D eigenvalue weighted by atomic mass is 32.2. The van der Waals surface area contributed by atoms with E-state index in [0.29, 0.717) is 6.04 Å². The van der Waals surface area contributed by atoms with E-state index < -0.39 is 0 Å². The molecule has 2 rings (SSSR count). The molecule has 1 amide bonds. The zero-order valence-electron chi connectivity index (χ0n) is 9.51. The molecule has 1 saturated heterocycles. The molecule has 0 spiro atoms. The topological polar surface area (TPSA) is 41.1 Å². The summed E-state index contributed by atoms with van der Waals surface area (Å²) in [4.78, 5) is 11.9. The van der Waals surface area contributed by atoms with E-state index in [1.165, 1.54) is 12.8 Å². The predicted octanol–water partition coefficient (Wildman–Crippen LogP) is 1.34. The first-order chi connectivity index (χ1) is 7.09. The molecule has 15 heavy (non-hydrogen) atoms. The summed E-state index contributed by atoms with van der Waals surface area (Å²) in [6, 6.07) is 0.406. The molecule has 86 valence electrons. The van der Waals surface area contributed by atoms with Crippen LogP contribution in [0, 0.1) is 5.41 Å². The van der Waals surface area contributed by atoms with Gasteiger partial charge in [-0.1, -0.05) is 20.3 Å². The van der Waals surface area contributed by atoms with Crippen LogP contribution in [0.2, 0.25) is 0 Å². The third kappa shape index (κ3) is 2.48. The Bertz CT molecular complexity index is 249. The Labute approximate surface area is 95.8 Å². The quantitative estimate of drug-likeness (QED) is 0.749. The summed E-state index contributed by atoms with van der Waals surface area (Å²) in [7, 11) is 0. The molecule has 0 aromatic rings. The van der Waals surface area contributed by atoms with Gasteiger partial charge in [0.15, 0.2) is 0 Å². The summed E-state index contributed by atoms with van der Waals surface area (Å²) in [6.45, 7) is 4.50. The Morgan fingerprint density at radius 3 is 2.87 bits per heavy atom. The van der Waals surface area contributed by atoms with Crippen molar-refractivity contribution in [2.45, 2.75) is 45.2 Å². The van der Waals surface area contributed by atoms with Gasteiger partial charge in [-0.2, -0.15) is 0 Å². The van der Waals surface area contributed by atoms with Crippen LogP contribution in [0.5, 0.6) is 0 Å². The number of hydrogen-bond acceptors (Lipinski definition) is 3. The Morgan fingerprint density at radius 2 is 2.33 bits per heavy atom. The van der Waals surface area contributed by atoms with Crippen LogP contribution in [0.1, 0.15) is 33.1 Å². The monoisotopic (exact) mass is 228 g/mol. The first kappa shape index (κ1) is 11.3. The van der Waals surface area contributed by atoms with Crippen molar-refractivity contribution in [1.82, 2.24) is 10.6 Å². The number of rotatable bonds is 2. The Morgan fingerprint density at radius 1 is 1.53 bits per heavy atom. The van der Waals surface area contributed by atoms with Gasteiger partial charge in [0.25, 0.3) is 0 Å². The van der Waals surface area contributed by atoms with Gasteiger partial charge in [0.2, 0.25) is 5.91 Å². The van der Waals surface area contributed by atoms with Gasteiger partial charge < -0.3 is 5.32 Å². The normalized spacial score (nSPS) is 34.3. The lowest BCUT2D eigenvalue weighted by atomic mass is 9.87. The zero-order valence-corrected chi connectivity index (χ0v) is 10.3. The standard InChI is InChI=1S/C11H20N2OS/c1-11(2)5-3-4-9(11)13-10(14)8-6-15-7-12-8/h8-9,12H,3-7H2,1-2H3,(H,13,14). The Kier molecular flexibility index (Phi) is 3.26. The fraction of sp³-hybridized carbons (Fsp3) is 0.909. The molecule has 0 aromatic carbocycles. The van der Waals surface area contributed by atoms with Gasteiger partial charge in [0.05, 0.1) is 6.04 Å². The van der Waals surface area contributed by atoms with E-state index in [9.17, 15) is 4.79 Å². The second kappa shape index (κ2) is 4.34. The third-order valence-electron chi connectivity index (χ3n) is 3.61. The number of hydrogen-bond donors (Lipinski definition) is 2. The van der Waals surface area contributed by atoms with E-state index in [4.69, 9.17) is 0 Å². The SMILES string of the molecule is CC1(C)CCCC1NC(=O)C1CSCN1. The molecular formula is C11H20N2OS. The molecule has 0 bridgehead atoms. The molecule has 2 unspecified atom stereocenters. The van der Waals surface area contributed by atoms with E-state index in [1.54, 1.807) is 11.8 Å². The van der Waals surface area contributed by atoms with Crippen LogP contribution in [0.3, 0.4) is 0 Å². The second-order valence-electron chi connectivity index (χ2n) is 5.21. The lowest BCUT2D eigenvalue weighted by Crippen LogP contribution is -2.49. The van der Waals surface area contributed by atoms with Crippen LogP contribution in [0.4, 0.5) is 0 Å². The van der Waals surface area contributed by atoms with E-state index >= 15 is 0 Å². The minimum absolute atomic E-state index is 0.0337. The maximum absolute atomic E-state index is 11.9. The summed E-state index contributed by atoms with van der Waals surface area (Å²) in [5, 5.41) is 6.40. The van der Waals surface area contributed by atoms with Gasteiger partial charge in [0.1, 0.15) is 0 Å². The first-order valence-electron chi connectivity index (χ1n) is 5.71. The minimum Gasteiger partial charge on any atom is -0.351 e. The van der Waals surface area contributed by atoms with Crippen LogP contribution in [-0.2, 0) is 4.79 Å². The van der Waals surface area contributed by atoms with E-state index in [-0.39, 0.29) is 17.4 Å². The third-order valence-corrected chi connectivity index (χ3v) is 4.55. The average molecular weight is 228 g/mol. The summed E-state index contributed by atoms with van der Waals surface area (Å²) in [5.74, 6) is 2.02. The summed E-state index contributed by atoms with van der Waals surface area (Å²) >= 11 is 1.80. The molecule has 1 saturated carbocycles. The molecule has 2 N–H and O–H groups in total. The number of thioether (sulfide) groups is 1. The highest BCUT2D eigenvalue weighted by molar-refractivity contribution is 7.99. The largest absolute Gasteiger partial charge is 0.351 e. The van der Waals surface area contributed by atoms with Gasteiger partial charge in [-0.3, -0.25) is 10.1 Å². The van der Waals surface area contributed by atoms with Crippen molar-refractivity contribution in [2.75, 3.05) is 11.6 Å². The van der Waals surface area contributed by atoms with Crippen molar-refractivity contribution < 1.29 is 4.79 Å². The van der Waals surface area contributed by atoms with Crippen LogP contribution < -0.4 is 10.6 Å². The van der Waals surface area contributed by atoms with Gasteiger partial charge in [-0.05, 0) is 18.3 Å². The summed E-state index contributed by atoms with van der Waals surface area (Å²) in [5.41, 5.74) is 0.279. The fourth-order valence-electron chi connectivity index (χ4n) is 2.43. The molecule has 0 aromatic heterocycles. The van der Waals surface area contributed by atoms with Gasteiger partial charge in [0, 0.05) is 17.7 Å². The number of amides is 1. The van der Waals surface area contributed by atoms with Crippen LogP contribution in [0.15, 0.2) is 0 Å². The van der Waals surface area contributed by atoms with E-state index in [2.05, 4.69) is 24.5 Å². The predicted molar refractivity (Wildman–Crippen MR) is 63.8 cm³/mol. The zero-order chi connectivity index (χ0) is 10.9. The van der Waals surface area contributed by atoms with Crippen molar-refractivity contribution >= 4 is 17.7 Å². The first-order valence-corrected chi connectivity index (χ1v) is 6.86. The molecule has 2 aliphatic rings. The summed E-state index contributed by atoms with van der Waals surface area (Å²) < 4.78 is 0. The maximum Gasteiger partial charge on any atom is 0.238 e. The average Bonchev–Trinajstić information content (AvgIpc) is 2.76. The molecule has 4 heteroatoms.